The van der Waals surface area contributed by atoms with E-state index in [0.29, 0.717) is 28.5 Å². The normalized spacial score (nSPS) is 12.2. The van der Waals surface area contributed by atoms with Gasteiger partial charge in [0.25, 0.3) is 0 Å². The molecule has 0 saturated carbocycles. The van der Waals surface area contributed by atoms with E-state index in [1.54, 1.807) is 25.1 Å². The monoisotopic (exact) mass is 292 g/mol. The zero-order valence-electron chi connectivity index (χ0n) is 11.2. The Hall–Kier alpha value is -1.55. The predicted molar refractivity (Wildman–Crippen MR) is 79.4 cm³/mol. The fraction of sp³-hybridized carbons (Fsp3) is 0.250. The summed E-state index contributed by atoms with van der Waals surface area (Å²) in [6, 6.07) is 12.7. The van der Waals surface area contributed by atoms with Crippen molar-refractivity contribution >= 4 is 11.6 Å². The third-order valence-corrected chi connectivity index (χ3v) is 3.31. The van der Waals surface area contributed by atoms with Gasteiger partial charge in [0.05, 0.1) is 11.1 Å². The minimum Gasteiger partial charge on any atom is -0.457 e. The second-order valence-corrected chi connectivity index (χ2v) is 4.99. The number of rotatable bonds is 5. The molecule has 1 atom stereocenters. The molecule has 3 nitrogen and oxygen atoms in total. The summed E-state index contributed by atoms with van der Waals surface area (Å²) in [6.45, 7) is 1.80. The summed E-state index contributed by atoms with van der Waals surface area (Å²) < 4.78 is 5.70. The Kier molecular flexibility index (Phi) is 5.01. The fourth-order valence-corrected chi connectivity index (χ4v) is 2.23. The number of ether oxygens (including phenoxy) is 1. The molecule has 0 aliphatic heterocycles. The Morgan fingerprint density at radius 1 is 1.10 bits per heavy atom. The molecule has 0 fully saturated rings. The molecule has 0 amide bonds. The molecule has 4 heteroatoms. The first-order chi connectivity index (χ1) is 9.60. The van der Waals surface area contributed by atoms with Gasteiger partial charge in [0.15, 0.2) is 0 Å². The van der Waals surface area contributed by atoms with Gasteiger partial charge in [0, 0.05) is 6.61 Å². The summed E-state index contributed by atoms with van der Waals surface area (Å²) in [5.41, 5.74) is 1.74. The summed E-state index contributed by atoms with van der Waals surface area (Å²) in [5, 5.41) is 18.9. The number of halogens is 1. The maximum Gasteiger partial charge on any atom is 0.128 e. The average Bonchev–Trinajstić information content (AvgIpc) is 2.41. The molecule has 0 aromatic heterocycles. The van der Waals surface area contributed by atoms with E-state index < -0.39 is 6.10 Å². The van der Waals surface area contributed by atoms with Crippen molar-refractivity contribution in [1.82, 2.24) is 0 Å². The van der Waals surface area contributed by atoms with E-state index >= 15 is 0 Å². The van der Waals surface area contributed by atoms with E-state index in [1.165, 1.54) is 0 Å². The van der Waals surface area contributed by atoms with Crippen LogP contribution in [0.1, 0.15) is 24.2 Å². The average molecular weight is 293 g/mol. The first kappa shape index (κ1) is 14.9. The largest absolute Gasteiger partial charge is 0.457 e. The molecule has 2 aromatic carbocycles. The van der Waals surface area contributed by atoms with Crippen molar-refractivity contribution in [2.24, 2.45) is 0 Å². The second-order valence-electron chi connectivity index (χ2n) is 4.58. The zero-order valence-corrected chi connectivity index (χ0v) is 12.0. The van der Waals surface area contributed by atoms with E-state index in [9.17, 15) is 5.11 Å². The van der Waals surface area contributed by atoms with Crippen LogP contribution in [0.4, 0.5) is 0 Å². The third kappa shape index (κ3) is 3.73. The Morgan fingerprint density at radius 3 is 2.30 bits per heavy atom. The van der Waals surface area contributed by atoms with Gasteiger partial charge in [0.2, 0.25) is 0 Å². The zero-order chi connectivity index (χ0) is 14.5. The van der Waals surface area contributed by atoms with Crippen molar-refractivity contribution in [1.29, 1.82) is 0 Å². The highest BCUT2D eigenvalue weighted by atomic mass is 35.5. The molecule has 0 heterocycles. The number of hydrogen-bond donors (Lipinski definition) is 2. The van der Waals surface area contributed by atoms with Crippen LogP contribution in [0, 0.1) is 0 Å². The molecule has 20 heavy (non-hydrogen) atoms. The molecule has 0 aliphatic rings. The lowest BCUT2D eigenvalue weighted by atomic mass is 10.1. The number of benzene rings is 2. The van der Waals surface area contributed by atoms with E-state index in [1.807, 2.05) is 24.3 Å². The standard InChI is InChI=1S/C16H17ClO3/c1-11(19)15-7-6-14(10-16(15)17)20-13-4-2-12(3-5-13)8-9-18/h2-7,10-11,18-19H,8-9H2,1H3. The summed E-state index contributed by atoms with van der Waals surface area (Å²) in [5.74, 6) is 1.32. The van der Waals surface area contributed by atoms with E-state index in [4.69, 9.17) is 21.4 Å². The Bertz CT molecular complexity index is 564. The molecular weight excluding hydrogens is 276 g/mol. The molecule has 0 bridgehead atoms. The van der Waals surface area contributed by atoms with Crippen LogP contribution in [0.2, 0.25) is 5.02 Å². The van der Waals surface area contributed by atoms with Gasteiger partial charge in [-0.3, -0.25) is 0 Å². The highest BCUT2D eigenvalue weighted by molar-refractivity contribution is 6.31. The SMILES string of the molecule is CC(O)c1ccc(Oc2ccc(CCO)cc2)cc1Cl. The van der Waals surface area contributed by atoms with E-state index in [0.717, 1.165) is 5.56 Å². The number of aliphatic hydroxyl groups excluding tert-OH is 2. The lowest BCUT2D eigenvalue weighted by Gasteiger charge is -2.11. The molecule has 0 spiro atoms. The smallest absolute Gasteiger partial charge is 0.128 e. The maximum absolute atomic E-state index is 9.52. The van der Waals surface area contributed by atoms with Crippen LogP contribution in [0.25, 0.3) is 0 Å². The lowest BCUT2D eigenvalue weighted by molar-refractivity contribution is 0.199. The number of hydrogen-bond acceptors (Lipinski definition) is 3. The van der Waals surface area contributed by atoms with Crippen molar-refractivity contribution in [3.8, 4) is 11.5 Å². The molecular formula is C16H17ClO3. The number of aliphatic hydroxyl groups is 2. The van der Waals surface area contributed by atoms with Crippen molar-refractivity contribution in [2.75, 3.05) is 6.61 Å². The molecule has 1 unspecified atom stereocenters. The van der Waals surface area contributed by atoms with Crippen molar-refractivity contribution in [3.63, 3.8) is 0 Å². The molecule has 2 aromatic rings. The first-order valence-corrected chi connectivity index (χ1v) is 6.83. The lowest BCUT2D eigenvalue weighted by Crippen LogP contribution is -1.93. The summed E-state index contributed by atoms with van der Waals surface area (Å²) in [7, 11) is 0. The van der Waals surface area contributed by atoms with Crippen LogP contribution >= 0.6 is 11.6 Å². The first-order valence-electron chi connectivity index (χ1n) is 6.45. The predicted octanol–water partition coefficient (Wildman–Crippen LogP) is 3.72. The van der Waals surface area contributed by atoms with Crippen LogP contribution < -0.4 is 4.74 Å². The molecule has 0 radical (unpaired) electrons. The van der Waals surface area contributed by atoms with Gasteiger partial charge < -0.3 is 14.9 Å². The van der Waals surface area contributed by atoms with Crippen LogP contribution in [-0.2, 0) is 6.42 Å². The summed E-state index contributed by atoms with van der Waals surface area (Å²) in [4.78, 5) is 0. The van der Waals surface area contributed by atoms with Gasteiger partial charge in [-0.1, -0.05) is 29.8 Å². The molecule has 0 saturated heterocycles. The van der Waals surface area contributed by atoms with Crippen molar-refractivity contribution in [3.05, 3.63) is 58.6 Å². The summed E-state index contributed by atoms with van der Waals surface area (Å²) in [6.07, 6.45) is 0.0316. The maximum atomic E-state index is 9.52. The minimum atomic E-state index is -0.602. The Morgan fingerprint density at radius 2 is 1.75 bits per heavy atom. The molecule has 2 N–H and O–H groups in total. The van der Waals surface area contributed by atoms with Crippen molar-refractivity contribution < 1.29 is 14.9 Å². The minimum absolute atomic E-state index is 0.136. The topological polar surface area (TPSA) is 49.7 Å². The van der Waals surface area contributed by atoms with Crippen molar-refractivity contribution in [2.45, 2.75) is 19.4 Å². The van der Waals surface area contributed by atoms with Crippen LogP contribution in [-0.4, -0.2) is 16.8 Å². The summed E-state index contributed by atoms with van der Waals surface area (Å²) >= 11 is 6.09. The molecule has 2 rings (SSSR count). The van der Waals surface area contributed by atoms with Gasteiger partial charge in [0.1, 0.15) is 11.5 Å². The third-order valence-electron chi connectivity index (χ3n) is 2.98. The quantitative estimate of drug-likeness (QED) is 0.883. The van der Waals surface area contributed by atoms with Crippen LogP contribution in [0.15, 0.2) is 42.5 Å². The highest BCUT2D eigenvalue weighted by Crippen LogP contribution is 2.29. The van der Waals surface area contributed by atoms with Gasteiger partial charge in [-0.2, -0.15) is 0 Å². The highest BCUT2D eigenvalue weighted by Gasteiger charge is 2.08. The van der Waals surface area contributed by atoms with Crippen LogP contribution in [0.3, 0.4) is 0 Å². The van der Waals surface area contributed by atoms with Crippen LogP contribution in [0.5, 0.6) is 11.5 Å². The molecule has 0 aliphatic carbocycles. The second kappa shape index (κ2) is 6.75. The van der Waals surface area contributed by atoms with Gasteiger partial charge >= 0.3 is 0 Å². The van der Waals surface area contributed by atoms with Gasteiger partial charge in [-0.05, 0) is 48.7 Å². The Balaban J connectivity index is 2.11. The van der Waals surface area contributed by atoms with Gasteiger partial charge in [-0.25, -0.2) is 0 Å². The molecule has 106 valence electrons. The fourth-order valence-electron chi connectivity index (χ4n) is 1.90. The van der Waals surface area contributed by atoms with E-state index in [-0.39, 0.29) is 6.61 Å². The van der Waals surface area contributed by atoms with Gasteiger partial charge in [-0.15, -0.1) is 0 Å². The van der Waals surface area contributed by atoms with E-state index in [2.05, 4.69) is 0 Å². The Labute approximate surface area is 123 Å².